The number of furan rings is 1. The third-order valence-corrected chi connectivity index (χ3v) is 6.92. The maximum Gasteiger partial charge on any atom is 0.136 e. The summed E-state index contributed by atoms with van der Waals surface area (Å²) >= 11 is 0. The fourth-order valence-electron chi connectivity index (χ4n) is 5.33. The van der Waals surface area contributed by atoms with Crippen LogP contribution in [0.4, 0.5) is 0 Å². The van der Waals surface area contributed by atoms with Crippen LogP contribution in [0.1, 0.15) is 19.2 Å². The zero-order chi connectivity index (χ0) is 37.9. The molecule has 0 saturated heterocycles. The first-order chi connectivity index (χ1) is 25.1. The Kier molecular flexibility index (Phi) is 2.72. The minimum Gasteiger partial charge on any atom is -0.456 e. The van der Waals surface area contributed by atoms with E-state index in [-0.39, 0.29) is 61.0 Å². The first-order valence-corrected chi connectivity index (χ1v) is 12.2. The van der Waals surface area contributed by atoms with Gasteiger partial charge in [0.25, 0.3) is 0 Å². The summed E-state index contributed by atoms with van der Waals surface area (Å²) in [6, 6.07) is 9.28. The van der Waals surface area contributed by atoms with Gasteiger partial charge < -0.3 is 4.42 Å². The van der Waals surface area contributed by atoms with Gasteiger partial charge in [0.15, 0.2) is 0 Å². The van der Waals surface area contributed by atoms with Gasteiger partial charge in [0, 0.05) is 10.8 Å². The Balaban J connectivity index is 1.73. The molecule has 0 radical (unpaired) electrons. The lowest BCUT2D eigenvalue weighted by Gasteiger charge is -2.19. The minimum atomic E-state index is -0.591. The monoisotopic (exact) mass is 510 g/mol. The average Bonchev–Trinajstić information content (AvgIpc) is 3.53. The quantitative estimate of drug-likeness (QED) is 0.215. The molecule has 7 aromatic carbocycles. The second-order valence-corrected chi connectivity index (χ2v) is 9.03. The van der Waals surface area contributed by atoms with E-state index in [1.54, 1.807) is 36.4 Å². The Morgan fingerprint density at radius 1 is 0.436 bits per heavy atom. The summed E-state index contributed by atoms with van der Waals surface area (Å²) in [7, 11) is 0. The summed E-state index contributed by atoms with van der Waals surface area (Å²) < 4.78 is 129. The zero-order valence-corrected chi connectivity index (χ0v) is 20.2. The molecule has 182 valence electrons. The van der Waals surface area contributed by atoms with Crippen molar-refractivity contribution in [2.45, 2.75) is 0 Å². The molecule has 0 unspecified atom stereocenters. The second-order valence-electron chi connectivity index (χ2n) is 9.03. The van der Waals surface area contributed by atoms with Crippen molar-refractivity contribution in [3.8, 4) is 33.4 Å². The Morgan fingerprint density at radius 3 is 1.74 bits per heavy atom. The fraction of sp³-hybridized carbons (Fsp3) is 0. The van der Waals surface area contributed by atoms with Crippen LogP contribution in [-0.2, 0) is 0 Å². The van der Waals surface area contributed by atoms with Gasteiger partial charge in [0.05, 0.1) is 19.2 Å². The van der Waals surface area contributed by atoms with E-state index in [2.05, 4.69) is 0 Å². The van der Waals surface area contributed by atoms with Crippen LogP contribution >= 0.6 is 0 Å². The molecule has 0 bridgehead atoms. The number of hydrogen-bond acceptors (Lipinski definition) is 1. The van der Waals surface area contributed by atoms with Crippen molar-refractivity contribution < 1.29 is 23.6 Å². The molecule has 0 N–H and O–H groups in total. The van der Waals surface area contributed by atoms with Crippen molar-refractivity contribution in [1.29, 1.82) is 0 Å². The van der Waals surface area contributed by atoms with Gasteiger partial charge in [-0.3, -0.25) is 0 Å². The molecule has 39 heavy (non-hydrogen) atoms. The first-order valence-electron chi connectivity index (χ1n) is 19.2. The van der Waals surface area contributed by atoms with Crippen molar-refractivity contribution in [2.24, 2.45) is 0 Å². The normalized spacial score (nSPS) is 16.6. The van der Waals surface area contributed by atoms with Crippen LogP contribution < -0.4 is 0 Å². The Hall–Kier alpha value is -5.14. The maximum atomic E-state index is 9.34. The highest BCUT2D eigenvalue weighted by Crippen LogP contribution is 2.47. The molecule has 0 fully saturated rings. The molecule has 0 spiro atoms. The number of rotatable bonds is 3. The van der Waals surface area contributed by atoms with E-state index in [0.717, 1.165) is 0 Å². The van der Waals surface area contributed by atoms with Gasteiger partial charge in [-0.1, -0.05) is 127 Å². The molecule has 1 heteroatoms. The van der Waals surface area contributed by atoms with Crippen LogP contribution in [-0.4, -0.2) is 0 Å². The molecule has 0 aliphatic heterocycles. The largest absolute Gasteiger partial charge is 0.456 e. The van der Waals surface area contributed by atoms with Gasteiger partial charge in [-0.25, -0.2) is 0 Å². The molecule has 0 atom stereocenters. The Morgan fingerprint density at radius 2 is 1.05 bits per heavy atom. The van der Waals surface area contributed by atoms with Crippen LogP contribution in [0.2, 0.25) is 0 Å². The lowest BCUT2D eigenvalue weighted by Crippen LogP contribution is -1.92. The molecule has 1 nitrogen and oxygen atoms in total. The van der Waals surface area contributed by atoms with Crippen molar-refractivity contribution in [1.82, 2.24) is 0 Å². The van der Waals surface area contributed by atoms with E-state index in [1.165, 1.54) is 24.3 Å². The van der Waals surface area contributed by atoms with Crippen LogP contribution in [0.5, 0.6) is 0 Å². The molecule has 1 heterocycles. The van der Waals surface area contributed by atoms with Crippen LogP contribution in [0, 0.1) is 0 Å². The van der Waals surface area contributed by atoms with Crippen LogP contribution in [0.15, 0.2) is 150 Å². The zero-order valence-electron chi connectivity index (χ0n) is 34.2. The Labute approximate surface area is 246 Å². The van der Waals surface area contributed by atoms with E-state index in [9.17, 15) is 5.48 Å². The number of para-hydroxylation sites is 1. The van der Waals surface area contributed by atoms with Gasteiger partial charge in [-0.15, -0.1) is 0 Å². The summed E-state index contributed by atoms with van der Waals surface area (Å²) in [5.41, 5.74) is 1.23. The molecular formula is C38H24O. The van der Waals surface area contributed by atoms with Crippen molar-refractivity contribution in [2.75, 3.05) is 0 Å². The van der Waals surface area contributed by atoms with Crippen molar-refractivity contribution >= 4 is 43.5 Å². The predicted octanol–water partition coefficient (Wildman–Crippen LogP) is 10.9. The molecule has 0 saturated carbocycles. The van der Waals surface area contributed by atoms with Gasteiger partial charge >= 0.3 is 0 Å². The number of hydrogen-bond donors (Lipinski definition) is 0. The molecule has 0 amide bonds. The van der Waals surface area contributed by atoms with Crippen LogP contribution in [0.3, 0.4) is 0 Å². The van der Waals surface area contributed by atoms with E-state index in [0.29, 0.717) is 21.9 Å². The fourth-order valence-corrected chi connectivity index (χ4v) is 5.33. The topological polar surface area (TPSA) is 13.1 Å². The highest BCUT2D eigenvalue weighted by atomic mass is 16.3. The smallest absolute Gasteiger partial charge is 0.136 e. The average molecular weight is 511 g/mol. The van der Waals surface area contributed by atoms with E-state index in [1.807, 2.05) is 0 Å². The predicted molar refractivity (Wildman–Crippen MR) is 165 cm³/mol. The number of benzene rings is 7. The van der Waals surface area contributed by atoms with Crippen molar-refractivity contribution in [3.05, 3.63) is 145 Å². The summed E-state index contributed by atoms with van der Waals surface area (Å²) in [4.78, 5) is 0. The van der Waals surface area contributed by atoms with Gasteiger partial charge in [0.2, 0.25) is 0 Å². The highest BCUT2D eigenvalue weighted by molar-refractivity contribution is 6.26. The summed E-state index contributed by atoms with van der Waals surface area (Å²) in [5, 5.41) is 0.769. The lowest BCUT2D eigenvalue weighted by atomic mass is 9.84. The van der Waals surface area contributed by atoms with Gasteiger partial charge in [-0.05, 0) is 73.1 Å². The van der Waals surface area contributed by atoms with E-state index < -0.39 is 78.6 Å². The molecule has 1 aromatic heterocycles. The molecule has 0 aliphatic carbocycles. The number of fused-ring (bicyclic) bond motifs is 5. The Bertz CT molecular complexity index is 2820. The first kappa shape index (κ1) is 12.1. The SMILES string of the molecule is [2H]c1ccc(-c2c3c([2H])c([2H])c([2H])c([2H])c3c(-c3cc(-c4c([2H])c([2H])c([2H])c([2H])c4[2H])cc4oc5ccccc5c34)c3c([2H])c([2H])c([2H])c([2H])c23)cc1. The van der Waals surface area contributed by atoms with Gasteiger partial charge in [-0.2, -0.15) is 0 Å². The van der Waals surface area contributed by atoms with E-state index in [4.69, 9.17) is 18.1 Å². The van der Waals surface area contributed by atoms with Crippen molar-refractivity contribution in [3.63, 3.8) is 0 Å². The van der Waals surface area contributed by atoms with Gasteiger partial charge in [0.1, 0.15) is 11.2 Å². The highest BCUT2D eigenvalue weighted by Gasteiger charge is 2.21. The molecule has 8 aromatic rings. The second kappa shape index (κ2) is 8.72. The summed E-state index contributed by atoms with van der Waals surface area (Å²) in [6.45, 7) is 0. The maximum absolute atomic E-state index is 9.34. The minimum absolute atomic E-state index is 0.0145. The van der Waals surface area contributed by atoms with E-state index >= 15 is 0 Å². The summed E-state index contributed by atoms with van der Waals surface area (Å²) in [5.74, 6) is 0. The van der Waals surface area contributed by atoms with Crippen LogP contribution in [0.25, 0.3) is 76.9 Å². The standard InChI is InChI=1S/C38H24O/c1-3-13-25(14-4-1)27-23-33(38-32-21-11-12-22-34(32)39-35(38)24-27)37-30-19-9-7-17-28(30)36(26-15-5-2-6-16-26)29-18-8-10-20-31(29)37/h1-24H/i1D,2D,3D,4D,7D,8D,9D,10D,13D,14D,17D,18D,19D,20D. The molecular weight excluding hydrogens is 472 g/mol. The lowest BCUT2D eigenvalue weighted by molar-refractivity contribution is 0.669. The molecule has 8 rings (SSSR count). The third kappa shape index (κ3) is 3.41. The molecule has 0 aliphatic rings. The third-order valence-electron chi connectivity index (χ3n) is 6.92. The summed E-state index contributed by atoms with van der Waals surface area (Å²) in [6.07, 6.45) is 0.